The number of hydrogen-bond donors (Lipinski definition) is 3. The average Bonchev–Trinajstić information content (AvgIpc) is 3.19. The Hall–Kier alpha value is -3.26. The van der Waals surface area contributed by atoms with Gasteiger partial charge in [-0.25, -0.2) is 4.98 Å². The molecule has 33 heavy (non-hydrogen) atoms. The van der Waals surface area contributed by atoms with Crippen molar-refractivity contribution >= 4 is 11.7 Å². The third-order valence-electron chi connectivity index (χ3n) is 6.45. The summed E-state index contributed by atoms with van der Waals surface area (Å²) in [6, 6.07) is 7.73. The zero-order valence-corrected chi connectivity index (χ0v) is 19.1. The number of ether oxygens (including phenoxy) is 1. The molecule has 0 spiro atoms. The molecule has 2 aliphatic rings. The molecule has 0 bridgehead atoms. The van der Waals surface area contributed by atoms with Crippen LogP contribution in [0.2, 0.25) is 0 Å². The van der Waals surface area contributed by atoms with Crippen LogP contribution < -0.4 is 10.6 Å². The summed E-state index contributed by atoms with van der Waals surface area (Å²) in [4.78, 5) is 21.7. The molecular weight excluding hydrogens is 416 g/mol. The molecule has 1 aliphatic heterocycles. The van der Waals surface area contributed by atoms with Crippen molar-refractivity contribution in [3.63, 3.8) is 0 Å². The van der Waals surface area contributed by atoms with Gasteiger partial charge in [-0.05, 0) is 48.4 Å². The van der Waals surface area contributed by atoms with E-state index >= 15 is 0 Å². The second-order valence-electron chi connectivity index (χ2n) is 9.82. The summed E-state index contributed by atoms with van der Waals surface area (Å²) in [6.07, 6.45) is 6.62. The van der Waals surface area contributed by atoms with Crippen LogP contribution in [0.5, 0.6) is 0 Å². The van der Waals surface area contributed by atoms with Crippen LogP contribution in [0.1, 0.15) is 47.6 Å². The molecule has 172 valence electrons. The van der Waals surface area contributed by atoms with E-state index in [0.29, 0.717) is 43.7 Å². The maximum atomic E-state index is 12.9. The van der Waals surface area contributed by atoms with Crippen LogP contribution in [-0.2, 0) is 24.1 Å². The Morgan fingerprint density at radius 3 is 2.94 bits per heavy atom. The molecule has 0 atom stereocenters. The van der Waals surface area contributed by atoms with Crippen LogP contribution in [0.4, 0.5) is 5.82 Å². The summed E-state index contributed by atoms with van der Waals surface area (Å²) in [5, 5.41) is 14.2. The van der Waals surface area contributed by atoms with Crippen molar-refractivity contribution < 1.29 is 9.53 Å². The lowest BCUT2D eigenvalue weighted by Gasteiger charge is -2.29. The number of carbonyl (C=O) groups excluding carboxylic acids is 1. The van der Waals surface area contributed by atoms with Gasteiger partial charge in [-0.1, -0.05) is 19.9 Å². The molecule has 8 heteroatoms. The molecular formula is C25H30N6O2. The van der Waals surface area contributed by atoms with E-state index in [1.807, 2.05) is 30.5 Å². The summed E-state index contributed by atoms with van der Waals surface area (Å²) >= 11 is 0. The number of nitrogens with one attached hydrogen (secondary N) is 3. The van der Waals surface area contributed by atoms with Crippen molar-refractivity contribution in [2.75, 3.05) is 25.1 Å². The maximum absolute atomic E-state index is 12.9. The molecule has 5 rings (SSSR count). The molecule has 1 amide bonds. The lowest BCUT2D eigenvalue weighted by molar-refractivity contribution is -0.0299. The van der Waals surface area contributed by atoms with Gasteiger partial charge in [0.25, 0.3) is 5.91 Å². The number of aromatic nitrogens is 4. The first-order valence-corrected chi connectivity index (χ1v) is 11.5. The van der Waals surface area contributed by atoms with Crippen LogP contribution in [-0.4, -0.2) is 45.8 Å². The van der Waals surface area contributed by atoms with E-state index in [1.54, 1.807) is 6.20 Å². The van der Waals surface area contributed by atoms with Crippen molar-refractivity contribution in [2.45, 2.75) is 39.7 Å². The minimum Gasteiger partial charge on any atom is -0.381 e. The van der Waals surface area contributed by atoms with E-state index in [0.717, 1.165) is 36.1 Å². The second-order valence-corrected chi connectivity index (χ2v) is 9.82. The van der Waals surface area contributed by atoms with Gasteiger partial charge < -0.3 is 15.4 Å². The van der Waals surface area contributed by atoms with E-state index in [4.69, 9.17) is 4.74 Å². The number of amides is 1. The highest BCUT2D eigenvalue weighted by Gasteiger charge is 2.29. The standard InChI is InChI=1S/C25H30N6O2/c1-25(2)6-5-19-21(10-25)30-31-23(19)18-8-20(24(32)28-13-17-14-33-15-17)29-22(9-18)27-12-16-4-3-7-26-11-16/h3-4,7-9,11,17H,5-6,10,12-15H2,1-2H3,(H,27,29)(H,28,32)(H,30,31). The molecule has 1 saturated heterocycles. The van der Waals surface area contributed by atoms with Gasteiger partial charge in [0, 0.05) is 48.2 Å². The summed E-state index contributed by atoms with van der Waals surface area (Å²) in [6.45, 7) is 7.13. The average molecular weight is 447 g/mol. The fourth-order valence-electron chi connectivity index (χ4n) is 4.39. The molecule has 3 aromatic rings. The Morgan fingerprint density at radius 2 is 2.18 bits per heavy atom. The molecule has 1 fully saturated rings. The van der Waals surface area contributed by atoms with Crippen molar-refractivity contribution in [3.05, 3.63) is 59.2 Å². The van der Waals surface area contributed by atoms with E-state index in [9.17, 15) is 4.79 Å². The first kappa shape index (κ1) is 21.6. The Bertz CT molecular complexity index is 1140. The van der Waals surface area contributed by atoms with Gasteiger partial charge in [-0.15, -0.1) is 0 Å². The highest BCUT2D eigenvalue weighted by atomic mass is 16.5. The number of carbonyl (C=O) groups is 1. The number of aromatic amines is 1. The molecule has 1 aliphatic carbocycles. The Labute approximate surface area is 193 Å². The molecule has 0 unspecified atom stereocenters. The van der Waals surface area contributed by atoms with Crippen molar-refractivity contribution in [2.24, 2.45) is 11.3 Å². The van der Waals surface area contributed by atoms with E-state index < -0.39 is 0 Å². The SMILES string of the molecule is CC1(C)CCc2c(-c3cc(NCc4cccnc4)nc(C(=O)NCC4COC4)c3)n[nH]c2C1. The van der Waals surface area contributed by atoms with Crippen molar-refractivity contribution in [3.8, 4) is 11.3 Å². The highest BCUT2D eigenvalue weighted by molar-refractivity contribution is 5.94. The number of pyridine rings is 2. The first-order chi connectivity index (χ1) is 16.0. The third-order valence-corrected chi connectivity index (χ3v) is 6.45. The van der Waals surface area contributed by atoms with E-state index in [-0.39, 0.29) is 11.3 Å². The molecule has 3 aromatic heterocycles. The largest absolute Gasteiger partial charge is 0.381 e. The summed E-state index contributed by atoms with van der Waals surface area (Å²) in [5.74, 6) is 0.835. The van der Waals surface area contributed by atoms with Crippen LogP contribution in [0.15, 0.2) is 36.7 Å². The fraction of sp³-hybridized carbons (Fsp3) is 0.440. The predicted octanol–water partition coefficient (Wildman–Crippen LogP) is 3.37. The van der Waals surface area contributed by atoms with Gasteiger partial charge in [-0.3, -0.25) is 14.9 Å². The number of nitrogens with zero attached hydrogens (tertiary/aromatic N) is 3. The third kappa shape index (κ3) is 4.90. The maximum Gasteiger partial charge on any atom is 0.270 e. The van der Waals surface area contributed by atoms with Gasteiger partial charge in [-0.2, -0.15) is 5.10 Å². The smallest absolute Gasteiger partial charge is 0.270 e. The normalized spacial score (nSPS) is 17.2. The molecule has 0 radical (unpaired) electrons. The molecule has 0 saturated carbocycles. The molecule has 0 aromatic carbocycles. The Morgan fingerprint density at radius 1 is 1.30 bits per heavy atom. The van der Waals surface area contributed by atoms with Crippen LogP contribution in [0.3, 0.4) is 0 Å². The Balaban J connectivity index is 1.43. The van der Waals surface area contributed by atoms with E-state index in [2.05, 4.69) is 44.6 Å². The lowest BCUT2D eigenvalue weighted by atomic mass is 9.76. The summed E-state index contributed by atoms with van der Waals surface area (Å²) < 4.78 is 5.21. The van der Waals surface area contributed by atoms with Gasteiger partial charge in [0.1, 0.15) is 11.5 Å². The molecule has 3 N–H and O–H groups in total. The minimum atomic E-state index is -0.182. The predicted molar refractivity (Wildman–Crippen MR) is 126 cm³/mol. The fourth-order valence-corrected chi connectivity index (χ4v) is 4.39. The summed E-state index contributed by atoms with van der Waals surface area (Å²) in [7, 11) is 0. The van der Waals surface area contributed by atoms with Gasteiger partial charge in [0.05, 0.1) is 18.9 Å². The highest BCUT2D eigenvalue weighted by Crippen LogP contribution is 2.38. The zero-order chi connectivity index (χ0) is 22.8. The Kier molecular flexibility index (Phi) is 5.85. The van der Waals surface area contributed by atoms with Crippen LogP contribution >= 0.6 is 0 Å². The van der Waals surface area contributed by atoms with Gasteiger partial charge >= 0.3 is 0 Å². The second kappa shape index (κ2) is 8.94. The first-order valence-electron chi connectivity index (χ1n) is 11.5. The molecule has 4 heterocycles. The van der Waals surface area contributed by atoms with Crippen molar-refractivity contribution in [1.82, 2.24) is 25.5 Å². The van der Waals surface area contributed by atoms with Gasteiger partial charge in [0.2, 0.25) is 0 Å². The number of anilines is 1. The molecule has 8 nitrogen and oxygen atoms in total. The monoisotopic (exact) mass is 446 g/mol. The minimum absolute atomic E-state index is 0.182. The number of hydrogen-bond acceptors (Lipinski definition) is 6. The summed E-state index contributed by atoms with van der Waals surface area (Å²) in [5.41, 5.74) is 5.94. The number of H-pyrrole nitrogens is 1. The number of rotatable bonds is 7. The van der Waals surface area contributed by atoms with Gasteiger partial charge in [0.15, 0.2) is 0 Å². The topological polar surface area (TPSA) is 105 Å². The van der Waals surface area contributed by atoms with Crippen LogP contribution in [0.25, 0.3) is 11.3 Å². The quantitative estimate of drug-likeness (QED) is 0.514. The zero-order valence-electron chi connectivity index (χ0n) is 19.1. The van der Waals surface area contributed by atoms with E-state index in [1.165, 1.54) is 11.3 Å². The lowest BCUT2D eigenvalue weighted by Crippen LogP contribution is -2.39. The van der Waals surface area contributed by atoms with Crippen LogP contribution in [0, 0.1) is 11.3 Å². The number of fused-ring (bicyclic) bond motifs is 1. The van der Waals surface area contributed by atoms with Crippen molar-refractivity contribution in [1.29, 1.82) is 0 Å².